The number of hydrogen-bond donors (Lipinski definition) is 1. The summed E-state index contributed by atoms with van der Waals surface area (Å²) in [6, 6.07) is 4.67. The van der Waals surface area contributed by atoms with Gasteiger partial charge in [0.1, 0.15) is 11.4 Å². The van der Waals surface area contributed by atoms with Crippen LogP contribution in [0.15, 0.2) is 22.7 Å². The van der Waals surface area contributed by atoms with Gasteiger partial charge in [-0.2, -0.15) is 0 Å². The molecule has 0 fully saturated rings. The maximum atomic E-state index is 14.3. The molecule has 21 heavy (non-hydrogen) atoms. The summed E-state index contributed by atoms with van der Waals surface area (Å²) in [7, 11) is 1.43. The molecule has 0 saturated carbocycles. The molecule has 6 heteroatoms. The van der Waals surface area contributed by atoms with Crippen LogP contribution in [0.4, 0.5) is 4.39 Å². The lowest BCUT2D eigenvalue weighted by atomic mass is 9.93. The van der Waals surface area contributed by atoms with Crippen LogP contribution < -0.4 is 4.74 Å². The SMILES string of the molecule is COc1c(C(C)(C)F)ccc(C)c1-c1cc(C(=O)O)no1. The molecular formula is C15H16FNO4. The van der Waals surface area contributed by atoms with E-state index < -0.39 is 11.6 Å². The van der Waals surface area contributed by atoms with E-state index in [1.165, 1.54) is 27.0 Å². The first-order valence-corrected chi connectivity index (χ1v) is 6.33. The highest BCUT2D eigenvalue weighted by atomic mass is 19.1. The zero-order chi connectivity index (χ0) is 15.8. The number of hydrogen-bond acceptors (Lipinski definition) is 4. The van der Waals surface area contributed by atoms with Crippen LogP contribution in [-0.2, 0) is 5.67 Å². The van der Waals surface area contributed by atoms with Gasteiger partial charge in [0.05, 0.1) is 12.7 Å². The summed E-state index contributed by atoms with van der Waals surface area (Å²) < 4.78 is 24.7. The Kier molecular flexibility index (Phi) is 3.72. The zero-order valence-electron chi connectivity index (χ0n) is 12.2. The molecule has 0 atom stereocenters. The first kappa shape index (κ1) is 15.0. The number of carbonyl (C=O) groups is 1. The van der Waals surface area contributed by atoms with Crippen molar-refractivity contribution in [1.82, 2.24) is 5.16 Å². The van der Waals surface area contributed by atoms with Crippen LogP contribution in [0.2, 0.25) is 0 Å². The van der Waals surface area contributed by atoms with Crippen LogP contribution in [0.5, 0.6) is 5.75 Å². The van der Waals surface area contributed by atoms with Gasteiger partial charge in [-0.1, -0.05) is 17.3 Å². The van der Waals surface area contributed by atoms with Crippen LogP contribution in [-0.4, -0.2) is 23.3 Å². The molecule has 112 valence electrons. The Hall–Kier alpha value is -2.37. The summed E-state index contributed by atoms with van der Waals surface area (Å²) >= 11 is 0. The van der Waals surface area contributed by atoms with E-state index in [-0.39, 0.29) is 11.5 Å². The number of aryl methyl sites for hydroxylation is 1. The molecule has 0 aliphatic carbocycles. The molecule has 0 aliphatic rings. The first-order valence-electron chi connectivity index (χ1n) is 6.33. The highest BCUT2D eigenvalue weighted by Gasteiger charge is 2.28. The fourth-order valence-corrected chi connectivity index (χ4v) is 2.16. The van der Waals surface area contributed by atoms with E-state index in [0.29, 0.717) is 16.9 Å². The van der Waals surface area contributed by atoms with Gasteiger partial charge in [0.2, 0.25) is 0 Å². The molecule has 0 bridgehead atoms. The number of aromatic nitrogens is 1. The van der Waals surface area contributed by atoms with E-state index in [4.69, 9.17) is 14.4 Å². The van der Waals surface area contributed by atoms with Crippen molar-refractivity contribution < 1.29 is 23.6 Å². The highest BCUT2D eigenvalue weighted by molar-refractivity contribution is 5.87. The molecule has 2 rings (SSSR count). The van der Waals surface area contributed by atoms with Crippen molar-refractivity contribution in [3.05, 3.63) is 35.0 Å². The minimum atomic E-state index is -1.61. The number of carboxylic acid groups (broad SMARTS) is 1. The average molecular weight is 293 g/mol. The minimum absolute atomic E-state index is 0.212. The molecular weight excluding hydrogens is 277 g/mol. The number of aromatic carboxylic acids is 1. The van der Waals surface area contributed by atoms with Crippen molar-refractivity contribution in [2.75, 3.05) is 7.11 Å². The van der Waals surface area contributed by atoms with Crippen LogP contribution >= 0.6 is 0 Å². The summed E-state index contributed by atoms with van der Waals surface area (Å²) in [5.74, 6) is -0.646. The second kappa shape index (κ2) is 5.20. The molecule has 2 aromatic rings. The predicted octanol–water partition coefficient (Wildman–Crippen LogP) is 3.56. The van der Waals surface area contributed by atoms with Gasteiger partial charge in [-0.15, -0.1) is 0 Å². The Morgan fingerprint density at radius 3 is 2.57 bits per heavy atom. The van der Waals surface area contributed by atoms with Gasteiger partial charge in [0.25, 0.3) is 0 Å². The lowest BCUT2D eigenvalue weighted by Crippen LogP contribution is -2.12. The number of nitrogens with zero attached hydrogens (tertiary/aromatic N) is 1. The minimum Gasteiger partial charge on any atom is -0.496 e. The molecule has 0 spiro atoms. The third-order valence-electron chi connectivity index (χ3n) is 3.19. The Balaban J connectivity index is 2.69. The summed E-state index contributed by atoms with van der Waals surface area (Å²) in [6.45, 7) is 4.65. The molecule has 1 aromatic carbocycles. The fraction of sp³-hybridized carbons (Fsp3) is 0.333. The maximum absolute atomic E-state index is 14.3. The average Bonchev–Trinajstić information content (AvgIpc) is 2.86. The number of alkyl halides is 1. The number of carboxylic acids is 1. The second-order valence-electron chi connectivity index (χ2n) is 5.19. The van der Waals surface area contributed by atoms with Gasteiger partial charge < -0.3 is 14.4 Å². The maximum Gasteiger partial charge on any atom is 0.358 e. The van der Waals surface area contributed by atoms with E-state index in [1.54, 1.807) is 19.1 Å². The van der Waals surface area contributed by atoms with Gasteiger partial charge in [-0.05, 0) is 26.3 Å². The summed E-state index contributed by atoms with van der Waals surface area (Å²) in [5, 5.41) is 12.4. The van der Waals surface area contributed by atoms with Crippen molar-refractivity contribution in [2.45, 2.75) is 26.4 Å². The van der Waals surface area contributed by atoms with E-state index in [0.717, 1.165) is 5.56 Å². The van der Waals surface area contributed by atoms with Crippen molar-refractivity contribution in [3.63, 3.8) is 0 Å². The summed E-state index contributed by atoms with van der Waals surface area (Å²) in [6.07, 6.45) is 0. The smallest absolute Gasteiger partial charge is 0.358 e. The van der Waals surface area contributed by atoms with Gasteiger partial charge in [-0.25, -0.2) is 9.18 Å². The van der Waals surface area contributed by atoms with E-state index in [1.807, 2.05) is 0 Å². The number of ether oxygens (including phenoxy) is 1. The molecule has 0 radical (unpaired) electrons. The molecule has 0 aliphatic heterocycles. The number of halogens is 1. The lowest BCUT2D eigenvalue weighted by Gasteiger charge is -2.21. The highest BCUT2D eigenvalue weighted by Crippen LogP contribution is 2.42. The molecule has 1 N–H and O–H groups in total. The Bertz CT molecular complexity index is 685. The monoisotopic (exact) mass is 293 g/mol. The number of methoxy groups -OCH3 is 1. The number of rotatable bonds is 4. The molecule has 0 saturated heterocycles. The van der Waals surface area contributed by atoms with Gasteiger partial charge in [0, 0.05) is 11.6 Å². The van der Waals surface area contributed by atoms with Crippen molar-refractivity contribution in [1.29, 1.82) is 0 Å². The second-order valence-corrected chi connectivity index (χ2v) is 5.19. The van der Waals surface area contributed by atoms with Crippen molar-refractivity contribution in [2.24, 2.45) is 0 Å². The van der Waals surface area contributed by atoms with E-state index >= 15 is 0 Å². The standard InChI is InChI=1S/C15H16FNO4/c1-8-5-6-9(15(2,3)16)13(20-4)12(8)11-7-10(14(18)19)17-21-11/h5-7H,1-4H3,(H,18,19). The zero-order valence-corrected chi connectivity index (χ0v) is 12.2. The van der Waals surface area contributed by atoms with Crippen LogP contribution in [0.3, 0.4) is 0 Å². The molecule has 0 amide bonds. The topological polar surface area (TPSA) is 72.6 Å². The van der Waals surface area contributed by atoms with Crippen LogP contribution in [0.1, 0.15) is 35.5 Å². The largest absolute Gasteiger partial charge is 0.496 e. The third-order valence-corrected chi connectivity index (χ3v) is 3.19. The predicted molar refractivity (Wildman–Crippen MR) is 74.3 cm³/mol. The van der Waals surface area contributed by atoms with Gasteiger partial charge in [-0.3, -0.25) is 0 Å². The third kappa shape index (κ3) is 2.74. The number of benzene rings is 1. The molecule has 1 aromatic heterocycles. The Morgan fingerprint density at radius 1 is 1.43 bits per heavy atom. The van der Waals surface area contributed by atoms with Crippen molar-refractivity contribution >= 4 is 5.97 Å². The quantitative estimate of drug-likeness (QED) is 0.933. The molecule has 5 nitrogen and oxygen atoms in total. The van der Waals surface area contributed by atoms with Gasteiger partial charge >= 0.3 is 5.97 Å². The normalized spacial score (nSPS) is 11.5. The van der Waals surface area contributed by atoms with E-state index in [9.17, 15) is 9.18 Å². The summed E-state index contributed by atoms with van der Waals surface area (Å²) in [5.41, 5.74) is -0.187. The molecule has 0 unspecified atom stereocenters. The fourth-order valence-electron chi connectivity index (χ4n) is 2.16. The molecule has 1 heterocycles. The van der Waals surface area contributed by atoms with Gasteiger partial charge in [0.15, 0.2) is 11.5 Å². The lowest BCUT2D eigenvalue weighted by molar-refractivity contribution is 0.0686. The Labute approximate surface area is 121 Å². The summed E-state index contributed by atoms with van der Waals surface area (Å²) in [4.78, 5) is 10.9. The van der Waals surface area contributed by atoms with Crippen molar-refractivity contribution in [3.8, 4) is 17.1 Å². The van der Waals surface area contributed by atoms with Crippen LogP contribution in [0, 0.1) is 6.92 Å². The van der Waals surface area contributed by atoms with E-state index in [2.05, 4.69) is 5.16 Å². The Morgan fingerprint density at radius 2 is 2.10 bits per heavy atom. The van der Waals surface area contributed by atoms with Crippen LogP contribution in [0.25, 0.3) is 11.3 Å². The first-order chi connectivity index (χ1) is 9.75.